The molecule has 30 heavy (non-hydrogen) atoms. The summed E-state index contributed by atoms with van der Waals surface area (Å²) in [5, 5.41) is 16.7. The maximum Gasteiger partial charge on any atom is 0.292 e. The molecule has 0 bridgehead atoms. The SMILES string of the molecule is CS(=O)(=O)Cc1nc2ccccc2n1CC(=O)NCCNc1ccccc1[N+](=O)[O-]. The Morgan fingerprint density at radius 2 is 1.83 bits per heavy atom. The minimum absolute atomic E-state index is 0.0425. The number of rotatable bonds is 9. The van der Waals surface area contributed by atoms with Gasteiger partial charge in [0, 0.05) is 25.4 Å². The van der Waals surface area contributed by atoms with Crippen LogP contribution < -0.4 is 10.6 Å². The molecule has 10 nitrogen and oxygen atoms in total. The summed E-state index contributed by atoms with van der Waals surface area (Å²) in [5.74, 6) is -0.294. The molecule has 0 atom stereocenters. The van der Waals surface area contributed by atoms with Crippen molar-refractivity contribution in [3.05, 3.63) is 64.5 Å². The van der Waals surface area contributed by atoms with Gasteiger partial charge in [0.25, 0.3) is 5.69 Å². The first-order valence-electron chi connectivity index (χ1n) is 9.10. The zero-order valence-corrected chi connectivity index (χ0v) is 17.1. The zero-order chi connectivity index (χ0) is 21.7. The molecule has 0 fully saturated rings. The number of carbonyl (C=O) groups excluding carboxylic acids is 1. The predicted molar refractivity (Wildman–Crippen MR) is 113 cm³/mol. The Kier molecular flexibility index (Phi) is 6.31. The van der Waals surface area contributed by atoms with E-state index < -0.39 is 14.8 Å². The summed E-state index contributed by atoms with van der Waals surface area (Å²) in [4.78, 5) is 27.3. The third-order valence-corrected chi connectivity index (χ3v) is 5.07. The molecule has 1 amide bonds. The standard InChI is InChI=1S/C19H21N5O5S/c1-30(28,29)13-18-22-15-7-3-4-8-16(15)23(18)12-19(25)21-11-10-20-14-6-2-5-9-17(14)24(26)27/h2-9,20H,10-13H2,1H3,(H,21,25). The Labute approximate surface area is 173 Å². The number of imidazole rings is 1. The van der Waals surface area contributed by atoms with E-state index >= 15 is 0 Å². The van der Waals surface area contributed by atoms with Crippen LogP contribution in [-0.4, -0.2) is 48.1 Å². The highest BCUT2D eigenvalue weighted by Crippen LogP contribution is 2.22. The first-order chi connectivity index (χ1) is 14.2. The van der Waals surface area contributed by atoms with Crippen LogP contribution in [0.3, 0.4) is 0 Å². The summed E-state index contributed by atoms with van der Waals surface area (Å²) in [7, 11) is -3.33. The number of hydrogen-bond donors (Lipinski definition) is 2. The number of nitrogens with zero attached hydrogens (tertiary/aromatic N) is 3. The molecule has 3 rings (SSSR count). The molecule has 1 heterocycles. The van der Waals surface area contributed by atoms with Crippen LogP contribution in [-0.2, 0) is 26.9 Å². The van der Waals surface area contributed by atoms with E-state index in [0.29, 0.717) is 22.5 Å². The average molecular weight is 431 g/mol. The van der Waals surface area contributed by atoms with E-state index in [9.17, 15) is 23.3 Å². The molecule has 0 aliphatic heterocycles. The highest BCUT2D eigenvalue weighted by atomic mass is 32.2. The van der Waals surface area contributed by atoms with Gasteiger partial charge in [-0.1, -0.05) is 24.3 Å². The van der Waals surface area contributed by atoms with Crippen molar-refractivity contribution in [2.75, 3.05) is 24.7 Å². The largest absolute Gasteiger partial charge is 0.378 e. The Morgan fingerprint density at radius 3 is 2.57 bits per heavy atom. The number of hydrogen-bond acceptors (Lipinski definition) is 7. The fourth-order valence-electron chi connectivity index (χ4n) is 3.03. The normalized spacial score (nSPS) is 11.4. The van der Waals surface area contributed by atoms with Gasteiger partial charge in [0.1, 0.15) is 23.8 Å². The molecule has 11 heteroatoms. The topological polar surface area (TPSA) is 136 Å². The molecule has 0 saturated heterocycles. The Balaban J connectivity index is 1.63. The lowest BCUT2D eigenvalue weighted by molar-refractivity contribution is -0.384. The first kappa shape index (κ1) is 21.2. The molecule has 2 N–H and O–H groups in total. The Bertz CT molecular complexity index is 1190. The van der Waals surface area contributed by atoms with Gasteiger partial charge in [-0.2, -0.15) is 0 Å². The molecule has 0 aliphatic carbocycles. The minimum Gasteiger partial charge on any atom is -0.378 e. The second-order valence-corrected chi connectivity index (χ2v) is 8.86. The molecule has 3 aromatic rings. The third kappa shape index (κ3) is 5.32. The summed E-state index contributed by atoms with van der Waals surface area (Å²) in [6, 6.07) is 13.4. The van der Waals surface area contributed by atoms with Crippen molar-refractivity contribution in [1.29, 1.82) is 0 Å². The quantitative estimate of drug-likeness (QED) is 0.299. The lowest BCUT2D eigenvalue weighted by Gasteiger charge is -2.11. The highest BCUT2D eigenvalue weighted by Gasteiger charge is 2.17. The van der Waals surface area contributed by atoms with Gasteiger partial charge in [-0.05, 0) is 18.2 Å². The van der Waals surface area contributed by atoms with Gasteiger partial charge in [0.05, 0.1) is 16.0 Å². The summed E-state index contributed by atoms with van der Waals surface area (Å²) in [6.07, 6.45) is 1.12. The van der Waals surface area contributed by atoms with Gasteiger partial charge >= 0.3 is 0 Å². The maximum absolute atomic E-state index is 12.4. The number of aromatic nitrogens is 2. The van der Waals surface area contributed by atoms with Gasteiger partial charge < -0.3 is 15.2 Å². The number of nitro groups is 1. The van der Waals surface area contributed by atoms with Crippen LogP contribution in [0.5, 0.6) is 0 Å². The number of amides is 1. The number of nitro benzene ring substituents is 1. The van der Waals surface area contributed by atoms with Crippen molar-refractivity contribution in [3.63, 3.8) is 0 Å². The van der Waals surface area contributed by atoms with Crippen molar-refractivity contribution >= 4 is 38.2 Å². The molecule has 158 valence electrons. The van der Waals surface area contributed by atoms with Crippen LogP contribution in [0, 0.1) is 10.1 Å². The van der Waals surface area contributed by atoms with Crippen molar-refractivity contribution in [2.45, 2.75) is 12.3 Å². The van der Waals surface area contributed by atoms with E-state index in [0.717, 1.165) is 6.26 Å². The smallest absolute Gasteiger partial charge is 0.292 e. The number of benzene rings is 2. The van der Waals surface area contributed by atoms with Gasteiger partial charge in [0.2, 0.25) is 5.91 Å². The third-order valence-electron chi connectivity index (χ3n) is 4.29. The minimum atomic E-state index is -3.33. The van der Waals surface area contributed by atoms with Crippen LogP contribution >= 0.6 is 0 Å². The predicted octanol–water partition coefficient (Wildman–Crippen LogP) is 1.72. The summed E-state index contributed by atoms with van der Waals surface area (Å²) >= 11 is 0. The number of para-hydroxylation sites is 4. The van der Waals surface area contributed by atoms with Crippen LogP contribution in [0.2, 0.25) is 0 Å². The number of nitrogens with one attached hydrogen (secondary N) is 2. The Morgan fingerprint density at radius 1 is 1.13 bits per heavy atom. The second-order valence-electron chi connectivity index (χ2n) is 6.72. The molecule has 0 unspecified atom stereocenters. The molecule has 2 aromatic carbocycles. The zero-order valence-electron chi connectivity index (χ0n) is 16.2. The van der Waals surface area contributed by atoms with Crippen LogP contribution in [0.25, 0.3) is 11.0 Å². The lowest BCUT2D eigenvalue weighted by atomic mass is 10.2. The molecular formula is C19H21N5O5S. The van der Waals surface area contributed by atoms with Crippen LogP contribution in [0.1, 0.15) is 5.82 Å². The van der Waals surface area contributed by atoms with Gasteiger partial charge in [0.15, 0.2) is 9.84 Å². The fourth-order valence-corrected chi connectivity index (χ4v) is 3.72. The monoisotopic (exact) mass is 431 g/mol. The van der Waals surface area contributed by atoms with Crippen molar-refractivity contribution in [2.24, 2.45) is 0 Å². The molecule has 0 radical (unpaired) electrons. The fraction of sp³-hybridized carbons (Fsp3) is 0.263. The van der Waals surface area contributed by atoms with Crippen molar-refractivity contribution in [1.82, 2.24) is 14.9 Å². The van der Waals surface area contributed by atoms with Crippen LogP contribution in [0.15, 0.2) is 48.5 Å². The lowest BCUT2D eigenvalue weighted by Crippen LogP contribution is -2.32. The van der Waals surface area contributed by atoms with Crippen LogP contribution in [0.4, 0.5) is 11.4 Å². The maximum atomic E-state index is 12.4. The van der Waals surface area contributed by atoms with Gasteiger partial charge in [-0.15, -0.1) is 0 Å². The molecule has 0 aliphatic rings. The van der Waals surface area contributed by atoms with E-state index in [1.54, 1.807) is 47.0 Å². The number of sulfone groups is 1. The molecule has 1 aromatic heterocycles. The number of fused-ring (bicyclic) bond motifs is 1. The molecule has 0 saturated carbocycles. The van der Waals surface area contributed by atoms with E-state index in [1.807, 2.05) is 0 Å². The summed E-state index contributed by atoms with van der Waals surface area (Å²) in [5.41, 5.74) is 1.61. The van der Waals surface area contributed by atoms with E-state index in [-0.39, 0.29) is 37.0 Å². The van der Waals surface area contributed by atoms with E-state index in [2.05, 4.69) is 15.6 Å². The molecular weight excluding hydrogens is 410 g/mol. The van der Waals surface area contributed by atoms with Crippen molar-refractivity contribution < 1.29 is 18.1 Å². The number of anilines is 1. The van der Waals surface area contributed by atoms with Gasteiger partial charge in [-0.3, -0.25) is 14.9 Å². The number of carbonyl (C=O) groups is 1. The average Bonchev–Trinajstić information content (AvgIpc) is 3.01. The second kappa shape index (κ2) is 8.91. The van der Waals surface area contributed by atoms with E-state index in [1.165, 1.54) is 6.07 Å². The van der Waals surface area contributed by atoms with Gasteiger partial charge in [-0.25, -0.2) is 13.4 Å². The Hall–Kier alpha value is -3.47. The van der Waals surface area contributed by atoms with E-state index in [4.69, 9.17) is 0 Å². The summed E-state index contributed by atoms with van der Waals surface area (Å²) < 4.78 is 25.0. The highest BCUT2D eigenvalue weighted by molar-refractivity contribution is 7.89. The summed E-state index contributed by atoms with van der Waals surface area (Å²) in [6.45, 7) is 0.438. The molecule has 0 spiro atoms. The first-order valence-corrected chi connectivity index (χ1v) is 11.2. The van der Waals surface area contributed by atoms with Crippen molar-refractivity contribution in [3.8, 4) is 0 Å².